The Balaban J connectivity index is 1.40. The lowest BCUT2D eigenvalue weighted by Crippen LogP contribution is -2.39. The van der Waals surface area contributed by atoms with Crippen LogP contribution in [-0.4, -0.2) is 28.5 Å². The molecular weight excluding hydrogens is 423 g/mol. The molecule has 0 saturated carbocycles. The van der Waals surface area contributed by atoms with Crippen molar-refractivity contribution in [1.82, 2.24) is 9.47 Å². The second kappa shape index (κ2) is 9.68. The van der Waals surface area contributed by atoms with Gasteiger partial charge in [0.25, 0.3) is 5.91 Å². The first-order valence-electron chi connectivity index (χ1n) is 12.0. The molecule has 172 valence electrons. The minimum Gasteiger partial charge on any atom is -0.339 e. The fourth-order valence-corrected chi connectivity index (χ4v) is 5.03. The van der Waals surface area contributed by atoms with Crippen LogP contribution >= 0.6 is 0 Å². The van der Waals surface area contributed by atoms with Gasteiger partial charge in [-0.1, -0.05) is 60.7 Å². The van der Waals surface area contributed by atoms with Crippen LogP contribution in [0.1, 0.15) is 34.5 Å². The molecule has 0 unspecified atom stereocenters. The molecule has 0 spiro atoms. The van der Waals surface area contributed by atoms with Crippen molar-refractivity contribution in [3.05, 3.63) is 114 Å². The Labute approximate surface area is 200 Å². The number of hydrogen-bond acceptors (Lipinski definition) is 1. The quantitative estimate of drug-likeness (QED) is 0.331. The smallest absolute Gasteiger partial charge is 0.255 e. The number of carbonyl (C=O) groups is 1. The van der Waals surface area contributed by atoms with Gasteiger partial charge < -0.3 is 9.47 Å². The molecule has 1 aliphatic heterocycles. The molecule has 0 aliphatic carbocycles. The molecule has 0 radical (unpaired) electrons. The first-order chi connectivity index (χ1) is 16.6. The van der Waals surface area contributed by atoms with Gasteiger partial charge in [0.15, 0.2) is 0 Å². The van der Waals surface area contributed by atoms with E-state index in [2.05, 4.69) is 34.9 Å². The lowest BCUT2D eigenvalue weighted by Gasteiger charge is -2.32. The van der Waals surface area contributed by atoms with Gasteiger partial charge in [-0.3, -0.25) is 4.79 Å². The monoisotopic (exact) mass is 452 g/mol. The highest BCUT2D eigenvalue weighted by molar-refractivity contribution is 5.97. The summed E-state index contributed by atoms with van der Waals surface area (Å²) < 4.78 is 15.7. The molecule has 1 aliphatic rings. The average molecular weight is 453 g/mol. The van der Waals surface area contributed by atoms with Gasteiger partial charge in [0.1, 0.15) is 5.82 Å². The second-order valence-electron chi connectivity index (χ2n) is 9.13. The van der Waals surface area contributed by atoms with Crippen LogP contribution in [0.3, 0.4) is 0 Å². The van der Waals surface area contributed by atoms with E-state index in [9.17, 15) is 9.18 Å². The van der Waals surface area contributed by atoms with Gasteiger partial charge in [-0.25, -0.2) is 4.39 Å². The van der Waals surface area contributed by atoms with Gasteiger partial charge in [-0.2, -0.15) is 0 Å². The average Bonchev–Trinajstić information content (AvgIpc) is 3.23. The molecule has 34 heavy (non-hydrogen) atoms. The number of piperidine rings is 1. The number of aromatic nitrogens is 1. The molecule has 3 aromatic carbocycles. The number of amides is 1. The molecule has 3 nitrogen and oxygen atoms in total. The predicted octanol–water partition coefficient (Wildman–Crippen LogP) is 6.69. The van der Waals surface area contributed by atoms with Gasteiger partial charge in [-0.15, -0.1) is 0 Å². The maximum Gasteiger partial charge on any atom is 0.255 e. The van der Waals surface area contributed by atoms with Crippen molar-refractivity contribution in [1.29, 1.82) is 0 Å². The summed E-state index contributed by atoms with van der Waals surface area (Å²) in [4.78, 5) is 15.6. The van der Waals surface area contributed by atoms with Crippen molar-refractivity contribution in [3.8, 4) is 16.9 Å². The molecule has 1 aromatic heterocycles. The normalized spacial score (nSPS) is 14.4. The van der Waals surface area contributed by atoms with E-state index in [1.54, 1.807) is 12.1 Å². The summed E-state index contributed by atoms with van der Waals surface area (Å²) in [6.45, 7) is 3.53. The number of carbonyl (C=O) groups excluding carboxylic acids is 1. The van der Waals surface area contributed by atoms with Crippen molar-refractivity contribution in [2.45, 2.75) is 26.2 Å². The zero-order valence-corrected chi connectivity index (χ0v) is 19.5. The number of rotatable bonds is 5. The van der Waals surface area contributed by atoms with Gasteiger partial charge in [-0.05, 0) is 73.6 Å². The lowest BCUT2D eigenvalue weighted by molar-refractivity contribution is 0.0690. The van der Waals surface area contributed by atoms with Crippen molar-refractivity contribution in [3.63, 3.8) is 0 Å². The second-order valence-corrected chi connectivity index (χ2v) is 9.13. The summed E-state index contributed by atoms with van der Waals surface area (Å²) in [6, 6.07) is 29.1. The van der Waals surface area contributed by atoms with E-state index in [4.69, 9.17) is 0 Å². The molecule has 4 heteroatoms. The Hall–Kier alpha value is -3.66. The van der Waals surface area contributed by atoms with Crippen LogP contribution in [0.15, 0.2) is 91.0 Å². The lowest BCUT2D eigenvalue weighted by atomic mass is 9.90. The Morgan fingerprint density at radius 3 is 2.15 bits per heavy atom. The molecule has 1 fully saturated rings. The van der Waals surface area contributed by atoms with Crippen LogP contribution in [0.2, 0.25) is 0 Å². The number of nitrogens with zero attached hydrogens (tertiary/aromatic N) is 2. The summed E-state index contributed by atoms with van der Waals surface area (Å²) in [5.74, 6) is 0.412. The first kappa shape index (κ1) is 22.1. The van der Waals surface area contributed by atoms with Crippen molar-refractivity contribution < 1.29 is 9.18 Å². The van der Waals surface area contributed by atoms with Gasteiger partial charge in [0.2, 0.25) is 0 Å². The minimum atomic E-state index is -0.274. The molecule has 0 atom stereocenters. The van der Waals surface area contributed by atoms with E-state index in [1.165, 1.54) is 17.7 Å². The Morgan fingerprint density at radius 1 is 0.882 bits per heavy atom. The summed E-state index contributed by atoms with van der Waals surface area (Å²) >= 11 is 0. The maximum atomic E-state index is 13.6. The molecular formula is C30H29FN2O. The number of hydrogen-bond donors (Lipinski definition) is 0. The molecule has 1 amide bonds. The predicted molar refractivity (Wildman–Crippen MR) is 135 cm³/mol. The fraction of sp³-hybridized carbons (Fsp3) is 0.233. The standard InChI is InChI=1S/C30H29FN2O/c1-22-28(30(34)32-18-16-24(17-19-32)20-23-8-4-2-5-9-23)21-29(25-10-6-3-7-11-25)33(22)27-14-12-26(31)13-15-27/h2-15,21,24H,16-20H2,1H3. The molecule has 1 saturated heterocycles. The third-order valence-electron chi connectivity index (χ3n) is 6.90. The minimum absolute atomic E-state index is 0.0775. The van der Waals surface area contributed by atoms with E-state index >= 15 is 0 Å². The fourth-order valence-electron chi connectivity index (χ4n) is 5.03. The van der Waals surface area contributed by atoms with Gasteiger partial charge >= 0.3 is 0 Å². The van der Waals surface area contributed by atoms with Crippen molar-refractivity contribution in [2.75, 3.05) is 13.1 Å². The van der Waals surface area contributed by atoms with E-state index in [1.807, 2.05) is 48.2 Å². The van der Waals surface area contributed by atoms with E-state index in [-0.39, 0.29) is 11.7 Å². The van der Waals surface area contributed by atoms with Crippen LogP contribution in [-0.2, 0) is 6.42 Å². The molecule has 5 rings (SSSR count). The zero-order chi connectivity index (χ0) is 23.5. The third-order valence-corrected chi connectivity index (χ3v) is 6.90. The summed E-state index contributed by atoms with van der Waals surface area (Å²) in [5, 5.41) is 0. The highest BCUT2D eigenvalue weighted by atomic mass is 19.1. The zero-order valence-electron chi connectivity index (χ0n) is 19.5. The van der Waals surface area contributed by atoms with Gasteiger partial charge in [0.05, 0.1) is 11.3 Å². The van der Waals surface area contributed by atoms with Gasteiger partial charge in [0, 0.05) is 24.5 Å². The summed E-state index contributed by atoms with van der Waals surface area (Å²) in [5.41, 5.74) is 5.76. The van der Waals surface area contributed by atoms with Crippen LogP contribution < -0.4 is 0 Å². The molecule has 0 N–H and O–H groups in total. The third kappa shape index (κ3) is 4.54. The maximum absolute atomic E-state index is 13.6. The van der Waals surface area contributed by atoms with E-state index < -0.39 is 0 Å². The van der Waals surface area contributed by atoms with Crippen LogP contribution in [0.5, 0.6) is 0 Å². The van der Waals surface area contributed by atoms with Crippen LogP contribution in [0.25, 0.3) is 16.9 Å². The van der Waals surface area contributed by atoms with Crippen molar-refractivity contribution in [2.24, 2.45) is 5.92 Å². The number of benzene rings is 3. The van der Waals surface area contributed by atoms with Crippen LogP contribution in [0, 0.1) is 18.7 Å². The Morgan fingerprint density at radius 2 is 1.50 bits per heavy atom. The van der Waals surface area contributed by atoms with Crippen LogP contribution in [0.4, 0.5) is 4.39 Å². The van der Waals surface area contributed by atoms with Crippen molar-refractivity contribution >= 4 is 5.91 Å². The molecule has 4 aromatic rings. The molecule has 0 bridgehead atoms. The topological polar surface area (TPSA) is 25.2 Å². The van der Waals surface area contributed by atoms with E-state index in [0.29, 0.717) is 11.5 Å². The number of likely N-dealkylation sites (tertiary alicyclic amines) is 1. The first-order valence-corrected chi connectivity index (χ1v) is 12.0. The highest BCUT2D eigenvalue weighted by Gasteiger charge is 2.27. The number of halogens is 1. The summed E-state index contributed by atoms with van der Waals surface area (Å²) in [6.07, 6.45) is 3.11. The SMILES string of the molecule is Cc1c(C(=O)N2CCC(Cc3ccccc3)CC2)cc(-c2ccccc2)n1-c1ccc(F)cc1. The highest BCUT2D eigenvalue weighted by Crippen LogP contribution is 2.31. The molecule has 2 heterocycles. The Kier molecular flexibility index (Phi) is 6.31. The Bertz CT molecular complexity index is 1250. The summed E-state index contributed by atoms with van der Waals surface area (Å²) in [7, 11) is 0. The van der Waals surface area contributed by atoms with E-state index in [0.717, 1.165) is 55.0 Å². The largest absolute Gasteiger partial charge is 0.339 e.